The highest BCUT2D eigenvalue weighted by molar-refractivity contribution is 4.87. The summed E-state index contributed by atoms with van der Waals surface area (Å²) < 4.78 is 4.89. The van der Waals surface area contributed by atoms with Gasteiger partial charge in [-0.05, 0) is 6.92 Å². The summed E-state index contributed by atoms with van der Waals surface area (Å²) >= 11 is 0. The van der Waals surface area contributed by atoms with Crippen LogP contribution in [0.2, 0.25) is 0 Å². The molecule has 0 radical (unpaired) electrons. The maximum atomic E-state index is 9.50. The molecule has 3 unspecified atom stereocenters. The number of aliphatic hydroxyl groups is 3. The van der Waals surface area contributed by atoms with Crippen LogP contribution < -0.4 is 0 Å². The molecule has 1 aliphatic rings. The van der Waals surface area contributed by atoms with Gasteiger partial charge in [-0.25, -0.2) is 0 Å². The molecule has 0 bridgehead atoms. The first kappa shape index (κ1) is 8.93. The van der Waals surface area contributed by atoms with E-state index in [1.807, 2.05) is 0 Å². The Labute approximate surface area is 65.4 Å². The lowest BCUT2D eigenvalue weighted by molar-refractivity contribution is -0.0900. The summed E-state index contributed by atoms with van der Waals surface area (Å²) in [6.07, 6.45) is -0.632. The Morgan fingerprint density at radius 3 is 2.64 bits per heavy atom. The number of epoxide rings is 1. The van der Waals surface area contributed by atoms with Gasteiger partial charge in [-0.1, -0.05) is 0 Å². The SMILES string of the molecule is CC(O)(CC1CO1)C(O)CO. The van der Waals surface area contributed by atoms with E-state index in [0.29, 0.717) is 13.0 Å². The minimum absolute atomic E-state index is 0.0613. The molecule has 1 saturated heterocycles. The number of aliphatic hydroxyl groups excluding tert-OH is 2. The lowest BCUT2D eigenvalue weighted by Gasteiger charge is -2.26. The van der Waals surface area contributed by atoms with Crippen LogP contribution >= 0.6 is 0 Å². The van der Waals surface area contributed by atoms with Crippen LogP contribution in [0.3, 0.4) is 0 Å². The predicted octanol–water partition coefficient (Wildman–Crippen LogP) is -1.12. The molecule has 0 saturated carbocycles. The first-order valence-corrected chi connectivity index (χ1v) is 3.69. The Kier molecular flexibility index (Phi) is 2.49. The quantitative estimate of drug-likeness (QED) is 0.458. The van der Waals surface area contributed by atoms with Crippen molar-refractivity contribution in [3.05, 3.63) is 0 Å². The van der Waals surface area contributed by atoms with E-state index >= 15 is 0 Å². The van der Waals surface area contributed by atoms with Crippen LogP contribution in [0.15, 0.2) is 0 Å². The molecule has 1 aliphatic heterocycles. The molecule has 4 nitrogen and oxygen atoms in total. The van der Waals surface area contributed by atoms with E-state index in [1.165, 1.54) is 6.92 Å². The maximum Gasteiger partial charge on any atom is 0.105 e. The molecule has 0 aromatic carbocycles. The number of hydrogen-bond donors (Lipinski definition) is 3. The Balaban J connectivity index is 2.35. The summed E-state index contributed by atoms with van der Waals surface area (Å²) in [5.74, 6) is 0. The van der Waals surface area contributed by atoms with Gasteiger partial charge in [0.25, 0.3) is 0 Å². The zero-order valence-corrected chi connectivity index (χ0v) is 6.53. The summed E-state index contributed by atoms with van der Waals surface area (Å²) in [5, 5.41) is 27.2. The Morgan fingerprint density at radius 2 is 2.27 bits per heavy atom. The van der Waals surface area contributed by atoms with E-state index in [2.05, 4.69) is 0 Å². The van der Waals surface area contributed by atoms with Crippen molar-refractivity contribution in [2.24, 2.45) is 0 Å². The fourth-order valence-corrected chi connectivity index (χ4v) is 0.980. The van der Waals surface area contributed by atoms with Crippen molar-refractivity contribution in [1.82, 2.24) is 0 Å². The van der Waals surface area contributed by atoms with Crippen molar-refractivity contribution in [3.8, 4) is 0 Å². The highest BCUT2D eigenvalue weighted by Gasteiger charge is 2.37. The first-order chi connectivity index (χ1) is 5.06. The van der Waals surface area contributed by atoms with Crippen molar-refractivity contribution in [1.29, 1.82) is 0 Å². The molecule has 0 spiro atoms. The third kappa shape index (κ3) is 2.41. The fraction of sp³-hybridized carbons (Fsp3) is 1.00. The van der Waals surface area contributed by atoms with Crippen LogP contribution in [0.4, 0.5) is 0 Å². The summed E-state index contributed by atoms with van der Waals surface area (Å²) in [4.78, 5) is 0. The van der Waals surface area contributed by atoms with Gasteiger partial charge >= 0.3 is 0 Å². The Morgan fingerprint density at radius 1 is 1.73 bits per heavy atom. The van der Waals surface area contributed by atoms with Crippen molar-refractivity contribution in [3.63, 3.8) is 0 Å². The van der Waals surface area contributed by atoms with Crippen LogP contribution in [0.25, 0.3) is 0 Å². The normalized spacial score (nSPS) is 31.1. The Hall–Kier alpha value is -0.160. The van der Waals surface area contributed by atoms with Gasteiger partial charge in [-0.2, -0.15) is 0 Å². The van der Waals surface area contributed by atoms with Gasteiger partial charge in [0.05, 0.1) is 24.9 Å². The molecule has 11 heavy (non-hydrogen) atoms. The van der Waals surface area contributed by atoms with Crippen LogP contribution in [0.5, 0.6) is 0 Å². The van der Waals surface area contributed by atoms with Gasteiger partial charge in [-0.3, -0.25) is 0 Å². The first-order valence-electron chi connectivity index (χ1n) is 3.69. The zero-order chi connectivity index (χ0) is 8.48. The maximum absolute atomic E-state index is 9.50. The highest BCUT2D eigenvalue weighted by atomic mass is 16.6. The lowest BCUT2D eigenvalue weighted by Crippen LogP contribution is -2.42. The monoisotopic (exact) mass is 162 g/mol. The van der Waals surface area contributed by atoms with E-state index in [0.717, 1.165) is 0 Å². The van der Waals surface area contributed by atoms with Crippen LogP contribution in [-0.2, 0) is 4.74 Å². The second-order valence-electron chi connectivity index (χ2n) is 3.22. The fourth-order valence-electron chi connectivity index (χ4n) is 0.980. The smallest absolute Gasteiger partial charge is 0.105 e. The molecule has 4 heteroatoms. The average molecular weight is 162 g/mol. The molecule has 1 fully saturated rings. The molecule has 3 atom stereocenters. The Bertz CT molecular complexity index is 130. The van der Waals surface area contributed by atoms with Gasteiger partial charge in [0.1, 0.15) is 6.10 Å². The lowest BCUT2D eigenvalue weighted by atomic mass is 9.94. The highest BCUT2D eigenvalue weighted by Crippen LogP contribution is 2.24. The summed E-state index contributed by atoms with van der Waals surface area (Å²) in [6, 6.07) is 0. The van der Waals surface area contributed by atoms with Gasteiger partial charge in [0.15, 0.2) is 0 Å². The minimum Gasteiger partial charge on any atom is -0.394 e. The van der Waals surface area contributed by atoms with E-state index in [4.69, 9.17) is 14.9 Å². The standard InChI is InChI=1S/C7H14O4/c1-7(10,6(9)3-8)2-5-4-11-5/h5-6,8-10H,2-4H2,1H3. The predicted molar refractivity (Wildman–Crippen MR) is 38.1 cm³/mol. The second-order valence-corrected chi connectivity index (χ2v) is 3.22. The molecule has 0 amide bonds. The van der Waals surface area contributed by atoms with Crippen LogP contribution in [0.1, 0.15) is 13.3 Å². The summed E-state index contributed by atoms with van der Waals surface area (Å²) in [7, 11) is 0. The molecule has 66 valence electrons. The third-order valence-electron chi connectivity index (χ3n) is 1.93. The largest absolute Gasteiger partial charge is 0.394 e. The van der Waals surface area contributed by atoms with E-state index < -0.39 is 18.3 Å². The molecular weight excluding hydrogens is 148 g/mol. The minimum atomic E-state index is -1.23. The van der Waals surface area contributed by atoms with Crippen molar-refractivity contribution >= 4 is 0 Å². The molecule has 0 aromatic heterocycles. The topological polar surface area (TPSA) is 73.2 Å². The van der Waals surface area contributed by atoms with Gasteiger partial charge in [-0.15, -0.1) is 0 Å². The van der Waals surface area contributed by atoms with E-state index in [1.54, 1.807) is 0 Å². The molecule has 0 aromatic rings. The zero-order valence-electron chi connectivity index (χ0n) is 6.53. The molecule has 3 N–H and O–H groups in total. The van der Waals surface area contributed by atoms with Crippen molar-refractivity contribution in [2.45, 2.75) is 31.2 Å². The number of hydrogen-bond acceptors (Lipinski definition) is 4. The molecular formula is C7H14O4. The van der Waals surface area contributed by atoms with E-state index in [-0.39, 0.29) is 6.10 Å². The summed E-state index contributed by atoms with van der Waals surface area (Å²) in [5.41, 5.74) is -1.23. The van der Waals surface area contributed by atoms with E-state index in [9.17, 15) is 5.11 Å². The van der Waals surface area contributed by atoms with Crippen LogP contribution in [-0.4, -0.2) is 46.3 Å². The van der Waals surface area contributed by atoms with Gasteiger partial charge in [0, 0.05) is 6.42 Å². The second kappa shape index (κ2) is 3.06. The number of ether oxygens (including phenoxy) is 1. The third-order valence-corrected chi connectivity index (χ3v) is 1.93. The average Bonchev–Trinajstić information content (AvgIpc) is 2.69. The molecule has 0 aliphatic carbocycles. The summed E-state index contributed by atoms with van der Waals surface area (Å²) in [6.45, 7) is 1.73. The van der Waals surface area contributed by atoms with Gasteiger partial charge in [0.2, 0.25) is 0 Å². The van der Waals surface area contributed by atoms with Crippen LogP contribution in [0, 0.1) is 0 Å². The molecule has 1 rings (SSSR count). The number of rotatable bonds is 4. The van der Waals surface area contributed by atoms with Gasteiger partial charge < -0.3 is 20.1 Å². The molecule has 1 heterocycles. The van der Waals surface area contributed by atoms with Crippen molar-refractivity contribution < 1.29 is 20.1 Å². The van der Waals surface area contributed by atoms with Crippen molar-refractivity contribution in [2.75, 3.05) is 13.2 Å².